The average molecular weight is 497 g/mol. The lowest BCUT2D eigenvalue weighted by molar-refractivity contribution is -0.365. The number of carbonyl (C=O) groups excluding carboxylic acids is 2. The van der Waals surface area contributed by atoms with E-state index in [1.165, 1.54) is 24.0 Å². The molecule has 196 valence electrons. The van der Waals surface area contributed by atoms with Crippen molar-refractivity contribution in [1.82, 2.24) is 0 Å². The van der Waals surface area contributed by atoms with Gasteiger partial charge >= 0.3 is 18.2 Å². The fraction of sp³-hybridized carbons (Fsp3) is 0.467. The Kier molecular flexibility index (Phi) is 13.8. The summed E-state index contributed by atoms with van der Waals surface area (Å²) >= 11 is 0. The number of hydrogen-bond donors (Lipinski definition) is 0. The molecule has 0 heterocycles. The van der Waals surface area contributed by atoms with Crippen molar-refractivity contribution in [3.63, 3.8) is 0 Å². The van der Waals surface area contributed by atoms with E-state index < -0.39 is 11.9 Å². The third kappa shape index (κ3) is 10.9. The molecular formula is C30H40O6. The third-order valence-corrected chi connectivity index (χ3v) is 5.95. The summed E-state index contributed by atoms with van der Waals surface area (Å²) in [4.78, 5) is 45.1. The minimum Gasteiger partial charge on any atom is -0.289 e. The molecule has 0 aliphatic rings. The minimum atomic E-state index is -0.663. The van der Waals surface area contributed by atoms with Gasteiger partial charge in [0.1, 0.15) is 0 Å². The predicted octanol–water partition coefficient (Wildman–Crippen LogP) is 7.77. The average Bonchev–Trinajstić information content (AvgIpc) is 2.90. The number of benzene rings is 2. The van der Waals surface area contributed by atoms with Crippen LogP contribution in [0.4, 0.5) is 0 Å². The van der Waals surface area contributed by atoms with E-state index in [-0.39, 0.29) is 18.6 Å². The van der Waals surface area contributed by atoms with Crippen molar-refractivity contribution in [2.45, 2.75) is 85.0 Å². The molecule has 0 bridgehead atoms. The summed E-state index contributed by atoms with van der Waals surface area (Å²) in [6.07, 6.45) is 9.58. The van der Waals surface area contributed by atoms with Gasteiger partial charge < -0.3 is 0 Å². The SMILES string of the molecule is [CH2]CC(C)C[C](OOC(=O)c1ccc(CCCCC)cc1)OOC(=O)c1ccc(CCCCC)cc1. The van der Waals surface area contributed by atoms with E-state index in [0.29, 0.717) is 17.5 Å². The molecule has 2 radical (unpaired) electrons. The van der Waals surface area contributed by atoms with E-state index in [1.807, 2.05) is 31.2 Å². The summed E-state index contributed by atoms with van der Waals surface area (Å²) in [7, 11) is 0. The smallest absolute Gasteiger partial charge is 0.289 e. The molecule has 6 nitrogen and oxygen atoms in total. The summed E-state index contributed by atoms with van der Waals surface area (Å²) in [5.74, 6) is -1.27. The van der Waals surface area contributed by atoms with E-state index in [2.05, 4.69) is 20.8 Å². The van der Waals surface area contributed by atoms with Crippen LogP contribution in [0.1, 0.15) is 104 Å². The minimum absolute atomic E-state index is 0.0576. The monoisotopic (exact) mass is 496 g/mol. The molecule has 0 saturated carbocycles. The van der Waals surface area contributed by atoms with E-state index in [1.54, 1.807) is 24.3 Å². The van der Waals surface area contributed by atoms with Crippen LogP contribution in [0.5, 0.6) is 0 Å². The summed E-state index contributed by atoms with van der Waals surface area (Å²) in [6, 6.07) is 14.5. The lowest BCUT2D eigenvalue weighted by Gasteiger charge is -2.16. The van der Waals surface area contributed by atoms with Gasteiger partial charge in [0.15, 0.2) is 0 Å². The maximum atomic E-state index is 12.4. The van der Waals surface area contributed by atoms with Gasteiger partial charge in [-0.3, -0.25) is 9.78 Å². The molecule has 2 aromatic carbocycles. The van der Waals surface area contributed by atoms with Crippen LogP contribution in [0.25, 0.3) is 0 Å². The summed E-state index contributed by atoms with van der Waals surface area (Å²) in [5.41, 5.74) is 3.05. The zero-order valence-corrected chi connectivity index (χ0v) is 21.9. The van der Waals surface area contributed by atoms with Crippen molar-refractivity contribution >= 4 is 11.9 Å². The maximum Gasteiger partial charge on any atom is 0.373 e. The molecule has 0 aromatic heterocycles. The quantitative estimate of drug-likeness (QED) is 0.127. The van der Waals surface area contributed by atoms with Gasteiger partial charge in [-0.15, -0.1) is 9.78 Å². The Morgan fingerprint density at radius 3 is 1.47 bits per heavy atom. The van der Waals surface area contributed by atoms with Crippen LogP contribution in [-0.4, -0.2) is 11.9 Å². The Labute approximate surface area is 216 Å². The first-order valence-electron chi connectivity index (χ1n) is 13.1. The maximum absolute atomic E-state index is 12.4. The zero-order chi connectivity index (χ0) is 26.2. The van der Waals surface area contributed by atoms with Gasteiger partial charge in [0.25, 0.3) is 0 Å². The highest BCUT2D eigenvalue weighted by molar-refractivity contribution is 5.89. The molecule has 0 spiro atoms. The molecule has 0 amide bonds. The van der Waals surface area contributed by atoms with E-state index in [0.717, 1.165) is 38.5 Å². The van der Waals surface area contributed by atoms with Crippen molar-refractivity contribution in [2.24, 2.45) is 5.92 Å². The Hall–Kier alpha value is -2.70. The predicted molar refractivity (Wildman–Crippen MR) is 139 cm³/mol. The van der Waals surface area contributed by atoms with Crippen molar-refractivity contribution in [2.75, 3.05) is 0 Å². The molecule has 0 saturated heterocycles. The van der Waals surface area contributed by atoms with Gasteiger partial charge in [-0.05, 0) is 67.0 Å². The molecule has 1 atom stereocenters. The van der Waals surface area contributed by atoms with Gasteiger partial charge in [0, 0.05) is 6.42 Å². The Morgan fingerprint density at radius 1 is 0.694 bits per heavy atom. The Balaban J connectivity index is 1.87. The van der Waals surface area contributed by atoms with Crippen LogP contribution < -0.4 is 0 Å². The summed E-state index contributed by atoms with van der Waals surface area (Å²) < 4.78 is 0. The first kappa shape index (κ1) is 29.5. The van der Waals surface area contributed by atoms with Gasteiger partial charge in [-0.2, -0.15) is 0 Å². The van der Waals surface area contributed by atoms with Crippen LogP contribution in [0.2, 0.25) is 0 Å². The topological polar surface area (TPSA) is 71.1 Å². The van der Waals surface area contributed by atoms with Gasteiger partial charge in [-0.25, -0.2) is 9.59 Å². The fourth-order valence-electron chi connectivity index (χ4n) is 3.51. The molecule has 0 fully saturated rings. The van der Waals surface area contributed by atoms with E-state index >= 15 is 0 Å². The number of unbranched alkanes of at least 4 members (excludes halogenated alkanes) is 4. The number of carbonyl (C=O) groups is 2. The molecule has 0 aliphatic heterocycles. The highest BCUT2D eigenvalue weighted by Crippen LogP contribution is 2.22. The van der Waals surface area contributed by atoms with Crippen molar-refractivity contribution in [3.05, 3.63) is 84.0 Å². The van der Waals surface area contributed by atoms with Gasteiger partial charge in [-0.1, -0.05) is 84.1 Å². The zero-order valence-electron chi connectivity index (χ0n) is 21.9. The highest BCUT2D eigenvalue weighted by atomic mass is 17.3. The Morgan fingerprint density at radius 2 is 1.11 bits per heavy atom. The third-order valence-electron chi connectivity index (χ3n) is 5.95. The molecule has 1 unspecified atom stereocenters. The second-order valence-electron chi connectivity index (χ2n) is 9.19. The van der Waals surface area contributed by atoms with Crippen molar-refractivity contribution in [1.29, 1.82) is 0 Å². The number of rotatable bonds is 17. The van der Waals surface area contributed by atoms with Crippen LogP contribution in [0.3, 0.4) is 0 Å². The molecule has 2 rings (SSSR count). The van der Waals surface area contributed by atoms with Crippen molar-refractivity contribution < 1.29 is 29.1 Å². The lowest BCUT2D eigenvalue weighted by atomic mass is 10.1. The molecule has 2 aromatic rings. The molecule has 36 heavy (non-hydrogen) atoms. The van der Waals surface area contributed by atoms with Crippen LogP contribution in [0.15, 0.2) is 48.5 Å². The Bertz CT molecular complexity index is 821. The second-order valence-corrected chi connectivity index (χ2v) is 9.19. The largest absolute Gasteiger partial charge is 0.373 e. The fourth-order valence-corrected chi connectivity index (χ4v) is 3.51. The number of hydrogen-bond acceptors (Lipinski definition) is 6. The van der Waals surface area contributed by atoms with E-state index in [4.69, 9.17) is 19.6 Å². The van der Waals surface area contributed by atoms with Crippen LogP contribution >= 0.6 is 0 Å². The molecule has 0 aliphatic carbocycles. The number of aryl methyl sites for hydroxylation is 2. The molecular weight excluding hydrogens is 456 g/mol. The standard InChI is InChI=1S/C30H40O6/c1-5-8-10-12-24-14-18-26(19-15-24)29(31)35-33-28(22-23(4)7-3)34-36-30(32)27-20-16-25(17-21-27)13-11-9-6-2/h14-21,23H,3,5-13,22H2,1-2,4H3. The van der Waals surface area contributed by atoms with Crippen LogP contribution in [0, 0.1) is 19.1 Å². The second kappa shape index (κ2) is 16.9. The lowest BCUT2D eigenvalue weighted by Crippen LogP contribution is -2.18. The van der Waals surface area contributed by atoms with Gasteiger partial charge in [0.05, 0.1) is 11.1 Å². The summed E-state index contributed by atoms with van der Waals surface area (Å²) in [6.45, 7) is 10.1. The van der Waals surface area contributed by atoms with E-state index in [9.17, 15) is 9.59 Å². The molecule has 6 heteroatoms. The first-order valence-corrected chi connectivity index (χ1v) is 13.1. The normalized spacial score (nSPS) is 11.9. The molecule has 0 N–H and O–H groups in total. The summed E-state index contributed by atoms with van der Waals surface area (Å²) in [5, 5.41) is 0. The van der Waals surface area contributed by atoms with Crippen molar-refractivity contribution in [3.8, 4) is 0 Å². The first-order chi connectivity index (χ1) is 17.5. The van der Waals surface area contributed by atoms with Crippen LogP contribution in [-0.2, 0) is 32.4 Å². The highest BCUT2D eigenvalue weighted by Gasteiger charge is 2.24. The van der Waals surface area contributed by atoms with Gasteiger partial charge in [0.2, 0.25) is 0 Å².